The third-order valence-electron chi connectivity index (χ3n) is 2.28. The third kappa shape index (κ3) is 2.62. The molecular formula is C9H16O2. The van der Waals surface area contributed by atoms with Crippen LogP contribution in [0.2, 0.25) is 0 Å². The average Bonchev–Trinajstić information content (AvgIpc) is 1.85. The first-order valence-electron chi connectivity index (χ1n) is 4.42. The Hall–Kier alpha value is -0.370. The average molecular weight is 156 g/mol. The molecule has 1 fully saturated rings. The second kappa shape index (κ2) is 3.86. The summed E-state index contributed by atoms with van der Waals surface area (Å²) in [5, 5.41) is 9.26. The molecule has 0 aromatic heterocycles. The van der Waals surface area contributed by atoms with E-state index in [0.29, 0.717) is 18.8 Å². The van der Waals surface area contributed by atoms with Gasteiger partial charge in [-0.3, -0.25) is 4.79 Å². The summed E-state index contributed by atoms with van der Waals surface area (Å²) in [6.07, 6.45) is 3.77. The molecule has 0 radical (unpaired) electrons. The Kier molecular flexibility index (Phi) is 3.06. The minimum Gasteiger partial charge on any atom is -0.393 e. The maximum Gasteiger partial charge on any atom is 0.135 e. The van der Waals surface area contributed by atoms with Crippen LogP contribution < -0.4 is 0 Å². The molecule has 2 atom stereocenters. The van der Waals surface area contributed by atoms with E-state index in [1.54, 1.807) is 0 Å². The van der Waals surface area contributed by atoms with E-state index < -0.39 is 0 Å². The second-order valence-electron chi connectivity index (χ2n) is 3.49. The molecule has 1 rings (SSSR count). The quantitative estimate of drug-likeness (QED) is 0.658. The molecule has 2 nitrogen and oxygen atoms in total. The number of aliphatic hydroxyl groups is 1. The number of aliphatic hydroxyl groups excluding tert-OH is 1. The van der Waals surface area contributed by atoms with Crippen molar-refractivity contribution in [1.29, 1.82) is 0 Å². The van der Waals surface area contributed by atoms with Crippen LogP contribution in [0.5, 0.6) is 0 Å². The van der Waals surface area contributed by atoms with Crippen molar-refractivity contribution < 1.29 is 9.90 Å². The molecule has 64 valence electrons. The van der Waals surface area contributed by atoms with Crippen molar-refractivity contribution in [3.8, 4) is 0 Å². The molecule has 0 aliphatic heterocycles. The lowest BCUT2D eigenvalue weighted by Gasteiger charge is -2.24. The first kappa shape index (κ1) is 8.72. The highest BCUT2D eigenvalue weighted by atomic mass is 16.3. The lowest BCUT2D eigenvalue weighted by molar-refractivity contribution is -0.124. The topological polar surface area (TPSA) is 37.3 Å². The Bertz CT molecular complexity index is 142. The second-order valence-corrected chi connectivity index (χ2v) is 3.49. The molecule has 2 heteroatoms. The maximum atomic E-state index is 11.0. The van der Waals surface area contributed by atoms with Gasteiger partial charge in [0.25, 0.3) is 0 Å². The molecule has 1 N–H and O–H groups in total. The Balaban J connectivity index is 2.36. The molecule has 0 saturated heterocycles. The number of hydrogen-bond donors (Lipinski definition) is 1. The van der Waals surface area contributed by atoms with E-state index >= 15 is 0 Å². The van der Waals surface area contributed by atoms with Crippen LogP contribution in [0.25, 0.3) is 0 Å². The standard InChI is InChI=1S/C9H16O2/c1-2-3-7-4-8(10)6-9(11)5-7/h7-8,10H,2-6H2,1H3/t7-,8+/m0/s1. The van der Waals surface area contributed by atoms with Crippen molar-refractivity contribution >= 4 is 5.78 Å². The van der Waals surface area contributed by atoms with Gasteiger partial charge in [0.1, 0.15) is 5.78 Å². The fourth-order valence-electron chi connectivity index (χ4n) is 1.85. The van der Waals surface area contributed by atoms with E-state index in [9.17, 15) is 9.90 Å². The van der Waals surface area contributed by atoms with Gasteiger partial charge < -0.3 is 5.11 Å². The van der Waals surface area contributed by atoms with Crippen LogP contribution in [0.15, 0.2) is 0 Å². The molecule has 0 spiro atoms. The molecule has 0 amide bonds. The van der Waals surface area contributed by atoms with Crippen LogP contribution in [0.3, 0.4) is 0 Å². The van der Waals surface area contributed by atoms with Gasteiger partial charge in [-0.15, -0.1) is 0 Å². The molecule has 0 aromatic rings. The molecule has 11 heavy (non-hydrogen) atoms. The monoisotopic (exact) mass is 156 g/mol. The predicted octanol–water partition coefficient (Wildman–Crippen LogP) is 1.52. The zero-order valence-electron chi connectivity index (χ0n) is 7.05. The highest BCUT2D eigenvalue weighted by Gasteiger charge is 2.24. The van der Waals surface area contributed by atoms with Gasteiger partial charge in [-0.1, -0.05) is 19.8 Å². The largest absolute Gasteiger partial charge is 0.393 e. The Labute approximate surface area is 67.6 Å². The summed E-state index contributed by atoms with van der Waals surface area (Å²) in [4.78, 5) is 11.0. The van der Waals surface area contributed by atoms with Crippen LogP contribution >= 0.6 is 0 Å². The lowest BCUT2D eigenvalue weighted by Crippen LogP contribution is -2.26. The number of rotatable bonds is 2. The zero-order valence-corrected chi connectivity index (χ0v) is 7.05. The minimum absolute atomic E-state index is 0.238. The zero-order chi connectivity index (χ0) is 8.27. The Morgan fingerprint density at radius 1 is 1.55 bits per heavy atom. The van der Waals surface area contributed by atoms with Gasteiger partial charge in [0.2, 0.25) is 0 Å². The van der Waals surface area contributed by atoms with Gasteiger partial charge in [-0.2, -0.15) is 0 Å². The van der Waals surface area contributed by atoms with Crippen molar-refractivity contribution in [3.63, 3.8) is 0 Å². The van der Waals surface area contributed by atoms with E-state index in [0.717, 1.165) is 19.3 Å². The summed E-state index contributed by atoms with van der Waals surface area (Å²) < 4.78 is 0. The molecule has 0 unspecified atom stereocenters. The number of carbonyl (C=O) groups is 1. The number of Topliss-reactive ketones (excluding diaryl/α,β-unsaturated/α-hetero) is 1. The van der Waals surface area contributed by atoms with Crippen LogP contribution in [-0.2, 0) is 4.79 Å². The first-order chi connectivity index (χ1) is 5.22. The van der Waals surface area contributed by atoms with Gasteiger partial charge in [-0.05, 0) is 12.3 Å². The van der Waals surface area contributed by atoms with Gasteiger partial charge in [0.15, 0.2) is 0 Å². The van der Waals surface area contributed by atoms with Crippen LogP contribution in [0.1, 0.15) is 39.0 Å². The van der Waals surface area contributed by atoms with Crippen LogP contribution in [0.4, 0.5) is 0 Å². The van der Waals surface area contributed by atoms with Crippen LogP contribution in [0, 0.1) is 5.92 Å². The number of carbonyl (C=O) groups excluding carboxylic acids is 1. The smallest absolute Gasteiger partial charge is 0.135 e. The molecule has 0 aromatic carbocycles. The van der Waals surface area contributed by atoms with Gasteiger partial charge in [0, 0.05) is 12.8 Å². The molecule has 1 aliphatic rings. The van der Waals surface area contributed by atoms with Crippen molar-refractivity contribution in [1.82, 2.24) is 0 Å². The number of hydrogen-bond acceptors (Lipinski definition) is 2. The summed E-state index contributed by atoms with van der Waals surface area (Å²) >= 11 is 0. The third-order valence-corrected chi connectivity index (χ3v) is 2.28. The highest BCUT2D eigenvalue weighted by Crippen LogP contribution is 2.25. The molecule has 0 bridgehead atoms. The van der Waals surface area contributed by atoms with Crippen molar-refractivity contribution in [2.45, 2.75) is 45.1 Å². The van der Waals surface area contributed by atoms with E-state index in [4.69, 9.17) is 0 Å². The van der Waals surface area contributed by atoms with E-state index in [1.165, 1.54) is 0 Å². The van der Waals surface area contributed by atoms with E-state index in [-0.39, 0.29) is 11.9 Å². The van der Waals surface area contributed by atoms with Gasteiger partial charge in [-0.25, -0.2) is 0 Å². The molecular weight excluding hydrogens is 140 g/mol. The van der Waals surface area contributed by atoms with Crippen molar-refractivity contribution in [3.05, 3.63) is 0 Å². The summed E-state index contributed by atoms with van der Waals surface area (Å²) in [5.41, 5.74) is 0. The van der Waals surface area contributed by atoms with E-state index in [1.807, 2.05) is 0 Å². The SMILES string of the molecule is CCC[C@@H]1CC(=O)C[C@H](O)C1. The summed E-state index contributed by atoms with van der Waals surface area (Å²) in [6, 6.07) is 0. The molecule has 1 aliphatic carbocycles. The molecule has 0 heterocycles. The van der Waals surface area contributed by atoms with Crippen molar-refractivity contribution in [2.24, 2.45) is 5.92 Å². The predicted molar refractivity (Wildman–Crippen MR) is 43.3 cm³/mol. The number of ketones is 1. The fraction of sp³-hybridized carbons (Fsp3) is 0.889. The summed E-state index contributed by atoms with van der Waals surface area (Å²) in [7, 11) is 0. The maximum absolute atomic E-state index is 11.0. The van der Waals surface area contributed by atoms with Crippen molar-refractivity contribution in [2.75, 3.05) is 0 Å². The van der Waals surface area contributed by atoms with Gasteiger partial charge >= 0.3 is 0 Å². The van der Waals surface area contributed by atoms with Gasteiger partial charge in [0.05, 0.1) is 6.10 Å². The van der Waals surface area contributed by atoms with Crippen LogP contribution in [-0.4, -0.2) is 17.0 Å². The highest BCUT2D eigenvalue weighted by molar-refractivity contribution is 5.79. The Morgan fingerprint density at radius 2 is 2.27 bits per heavy atom. The summed E-state index contributed by atoms with van der Waals surface area (Å²) in [5.74, 6) is 0.693. The lowest BCUT2D eigenvalue weighted by atomic mass is 9.84. The first-order valence-corrected chi connectivity index (χ1v) is 4.42. The van der Waals surface area contributed by atoms with E-state index in [2.05, 4.69) is 6.92 Å². The minimum atomic E-state index is -0.354. The normalized spacial score (nSPS) is 32.4. The fourth-order valence-corrected chi connectivity index (χ4v) is 1.85. The Morgan fingerprint density at radius 3 is 2.82 bits per heavy atom. The summed E-state index contributed by atoms with van der Waals surface area (Å²) in [6.45, 7) is 2.12. The molecule has 1 saturated carbocycles.